The fraction of sp³-hybridized carbons (Fsp3) is 0.240. The molecule has 0 saturated heterocycles. The van der Waals surface area contributed by atoms with E-state index in [1.54, 1.807) is 19.0 Å². The number of rotatable bonds is 5. The fourth-order valence-electron chi connectivity index (χ4n) is 4.67. The smallest absolute Gasteiger partial charge is 0.278 e. The molecule has 0 aliphatic carbocycles. The van der Waals surface area contributed by atoms with Crippen LogP contribution in [0.5, 0.6) is 0 Å². The Morgan fingerprint density at radius 2 is 1.62 bits per heavy atom. The molecule has 11 nitrogen and oxygen atoms in total. The van der Waals surface area contributed by atoms with E-state index in [1.807, 2.05) is 30.3 Å². The van der Waals surface area contributed by atoms with Crippen LogP contribution in [0.1, 0.15) is 39.4 Å². The Hall–Kier alpha value is -4.38. The molecule has 5 rings (SSSR count). The van der Waals surface area contributed by atoms with Crippen LogP contribution in [0.25, 0.3) is 10.8 Å². The molecule has 0 bridgehead atoms. The van der Waals surface area contributed by atoms with Crippen LogP contribution in [0.2, 0.25) is 0 Å². The highest BCUT2D eigenvalue weighted by atomic mass is 35.5. The third kappa shape index (κ3) is 4.27. The second-order valence-corrected chi connectivity index (χ2v) is 9.23. The lowest BCUT2D eigenvalue weighted by molar-refractivity contribution is -0.114. The highest BCUT2D eigenvalue weighted by molar-refractivity contribution is 6.19. The number of carbonyl (C=O) groups is 3. The van der Waals surface area contributed by atoms with Gasteiger partial charge in [0, 0.05) is 62.6 Å². The summed E-state index contributed by atoms with van der Waals surface area (Å²) in [5, 5.41) is 15.7. The van der Waals surface area contributed by atoms with Crippen molar-refractivity contribution < 1.29 is 14.4 Å². The lowest BCUT2D eigenvalue weighted by Crippen LogP contribution is -2.30. The van der Waals surface area contributed by atoms with Gasteiger partial charge in [0.2, 0.25) is 5.91 Å². The summed E-state index contributed by atoms with van der Waals surface area (Å²) in [7, 11) is 3.24. The number of halogens is 1. The number of hydrogen-bond acceptors (Lipinski definition) is 6. The number of nitrogens with zero attached hydrogens (tertiary/aromatic N) is 5. The summed E-state index contributed by atoms with van der Waals surface area (Å²) in [6.07, 6.45) is 0. The fourth-order valence-corrected chi connectivity index (χ4v) is 4.93. The number of alkyl halides is 1. The molecule has 12 heteroatoms. The molecule has 3 amide bonds. The number of hydrogen-bond donors (Lipinski definition) is 3. The van der Waals surface area contributed by atoms with Crippen molar-refractivity contribution in [3.8, 4) is 0 Å². The predicted octanol–water partition coefficient (Wildman–Crippen LogP) is 3.08. The molecular weight excluding hydrogens is 496 g/mol. The maximum atomic E-state index is 13.6. The van der Waals surface area contributed by atoms with E-state index in [4.69, 9.17) is 17.3 Å². The Morgan fingerprint density at radius 3 is 2.30 bits per heavy atom. The van der Waals surface area contributed by atoms with Crippen LogP contribution in [-0.4, -0.2) is 49.7 Å². The van der Waals surface area contributed by atoms with Gasteiger partial charge in [-0.25, -0.2) is 0 Å². The van der Waals surface area contributed by atoms with Gasteiger partial charge in [-0.05, 0) is 17.0 Å². The van der Waals surface area contributed by atoms with E-state index in [0.29, 0.717) is 35.4 Å². The number of fused-ring (bicyclic) bond motifs is 3. The molecule has 190 valence electrons. The predicted molar refractivity (Wildman–Crippen MR) is 142 cm³/mol. The van der Waals surface area contributed by atoms with E-state index in [-0.39, 0.29) is 29.1 Å². The molecule has 0 fully saturated rings. The van der Waals surface area contributed by atoms with E-state index in [1.165, 1.54) is 28.4 Å². The number of anilines is 4. The first-order valence-corrected chi connectivity index (χ1v) is 12.1. The summed E-state index contributed by atoms with van der Waals surface area (Å²) >= 11 is 6.31. The van der Waals surface area contributed by atoms with Crippen LogP contribution in [0.3, 0.4) is 0 Å². The number of carbonyl (C=O) groups excluding carboxylic acids is 3. The van der Waals surface area contributed by atoms with Crippen LogP contribution in [0.4, 0.5) is 23.0 Å². The van der Waals surface area contributed by atoms with Gasteiger partial charge in [0.15, 0.2) is 11.4 Å². The molecule has 4 N–H and O–H groups in total. The molecule has 3 heterocycles. The second-order valence-electron chi connectivity index (χ2n) is 8.92. The van der Waals surface area contributed by atoms with Crippen molar-refractivity contribution in [3.05, 3.63) is 59.4 Å². The zero-order chi connectivity index (χ0) is 26.4. The van der Waals surface area contributed by atoms with E-state index >= 15 is 0 Å². The molecule has 0 saturated carbocycles. The van der Waals surface area contributed by atoms with Gasteiger partial charge >= 0.3 is 0 Å². The van der Waals surface area contributed by atoms with Crippen LogP contribution < -0.4 is 21.3 Å². The quantitative estimate of drug-likeness (QED) is 0.273. The van der Waals surface area contributed by atoms with Crippen LogP contribution in [0, 0.1) is 0 Å². The van der Waals surface area contributed by atoms with Crippen LogP contribution in [-0.2, 0) is 18.9 Å². The highest BCUT2D eigenvalue weighted by Gasteiger charge is 2.35. The Bertz CT molecular complexity index is 1570. The molecular formula is C25H25ClN8O3. The van der Waals surface area contributed by atoms with E-state index in [9.17, 15) is 14.4 Å². The monoisotopic (exact) mass is 520 g/mol. The molecule has 2 aromatic heterocycles. The first kappa shape index (κ1) is 24.3. The number of aromatic nitrogens is 4. The SMILES string of the molecule is CC(=O)Nc1cc(C(=O)Nc2cc(C(=O)N3CC(CCl)c4c3cc(N)c3ccccc43)nn2C)nn1C. The molecule has 0 spiro atoms. The minimum Gasteiger partial charge on any atom is -0.398 e. The van der Waals surface area contributed by atoms with E-state index in [2.05, 4.69) is 20.8 Å². The van der Waals surface area contributed by atoms with Gasteiger partial charge in [-0.2, -0.15) is 10.2 Å². The molecule has 1 aliphatic rings. The van der Waals surface area contributed by atoms with Crippen LogP contribution in [0.15, 0.2) is 42.5 Å². The summed E-state index contributed by atoms with van der Waals surface area (Å²) in [5.74, 6) is -0.139. The molecule has 2 aromatic carbocycles. The molecule has 37 heavy (non-hydrogen) atoms. The van der Waals surface area contributed by atoms with Gasteiger partial charge < -0.3 is 21.3 Å². The Balaban J connectivity index is 1.42. The van der Waals surface area contributed by atoms with Crippen molar-refractivity contribution in [1.29, 1.82) is 0 Å². The van der Waals surface area contributed by atoms with Crippen molar-refractivity contribution in [3.63, 3.8) is 0 Å². The minimum atomic E-state index is -0.512. The zero-order valence-corrected chi connectivity index (χ0v) is 21.2. The Morgan fingerprint density at radius 1 is 1.00 bits per heavy atom. The maximum Gasteiger partial charge on any atom is 0.278 e. The maximum absolute atomic E-state index is 13.6. The van der Waals surface area contributed by atoms with Crippen molar-refractivity contribution in [2.45, 2.75) is 12.8 Å². The van der Waals surface area contributed by atoms with Gasteiger partial charge in [-0.3, -0.25) is 23.7 Å². The van der Waals surface area contributed by atoms with Gasteiger partial charge in [-0.1, -0.05) is 24.3 Å². The summed E-state index contributed by atoms with van der Waals surface area (Å²) in [6.45, 7) is 1.76. The standard InChI is InChI=1S/C25H25ClN8O3/c1-13(35)28-21-9-18(30-32(21)2)24(36)29-22-10-19(31-33(22)3)25(37)34-12-14(11-26)23-16-7-5-4-6-15(16)17(27)8-20(23)34/h4-10,14H,11-12,27H2,1-3H3,(H,28,35)(H,29,36). The Kier molecular flexibility index (Phi) is 6.08. The number of benzene rings is 2. The van der Waals surface area contributed by atoms with Crippen LogP contribution >= 0.6 is 11.6 Å². The zero-order valence-electron chi connectivity index (χ0n) is 20.4. The van der Waals surface area contributed by atoms with Crippen molar-refractivity contribution in [1.82, 2.24) is 19.6 Å². The first-order chi connectivity index (χ1) is 17.7. The van der Waals surface area contributed by atoms with Gasteiger partial charge in [0.25, 0.3) is 11.8 Å². The number of amides is 3. The largest absolute Gasteiger partial charge is 0.398 e. The third-order valence-electron chi connectivity index (χ3n) is 6.39. The molecule has 1 aliphatic heterocycles. The summed E-state index contributed by atoms with van der Waals surface area (Å²) in [5.41, 5.74) is 8.86. The second kappa shape index (κ2) is 9.25. The summed E-state index contributed by atoms with van der Waals surface area (Å²) < 4.78 is 2.80. The van der Waals surface area contributed by atoms with Crippen molar-refractivity contribution >= 4 is 63.1 Å². The van der Waals surface area contributed by atoms with Gasteiger partial charge in [-0.15, -0.1) is 11.6 Å². The van der Waals surface area contributed by atoms with Crippen molar-refractivity contribution in [2.75, 3.05) is 33.7 Å². The lowest BCUT2D eigenvalue weighted by Gasteiger charge is -2.17. The highest BCUT2D eigenvalue weighted by Crippen LogP contribution is 2.44. The van der Waals surface area contributed by atoms with E-state index < -0.39 is 5.91 Å². The summed E-state index contributed by atoms with van der Waals surface area (Å²) in [4.78, 5) is 39.4. The van der Waals surface area contributed by atoms with Gasteiger partial charge in [0.1, 0.15) is 11.6 Å². The number of nitrogen functional groups attached to an aromatic ring is 1. The molecule has 1 atom stereocenters. The van der Waals surface area contributed by atoms with Gasteiger partial charge in [0.05, 0.1) is 5.69 Å². The average molecular weight is 521 g/mol. The number of aryl methyl sites for hydroxylation is 2. The van der Waals surface area contributed by atoms with Crippen molar-refractivity contribution in [2.24, 2.45) is 14.1 Å². The minimum absolute atomic E-state index is 0.0593. The topological polar surface area (TPSA) is 140 Å². The van der Waals surface area contributed by atoms with E-state index in [0.717, 1.165) is 16.3 Å². The lowest BCUT2D eigenvalue weighted by atomic mass is 9.95. The normalized spacial score (nSPS) is 14.6. The number of nitrogens with one attached hydrogen (secondary N) is 2. The molecule has 1 unspecified atom stereocenters. The average Bonchev–Trinajstić information content (AvgIpc) is 3.54. The number of nitrogens with two attached hydrogens (primary N) is 1. The first-order valence-electron chi connectivity index (χ1n) is 11.5. The third-order valence-corrected chi connectivity index (χ3v) is 6.76. The Labute approximate surface area is 217 Å². The molecule has 4 aromatic rings. The summed E-state index contributed by atoms with van der Waals surface area (Å²) in [6, 6.07) is 12.6. The molecule has 0 radical (unpaired) electrons.